The Morgan fingerprint density at radius 2 is 2.06 bits per heavy atom. The number of hydrogen-bond donors (Lipinski definition) is 1. The van der Waals surface area contributed by atoms with Gasteiger partial charge in [0.1, 0.15) is 6.04 Å². The van der Waals surface area contributed by atoms with Crippen LogP contribution in [0, 0.1) is 0 Å². The number of aromatic nitrogens is 3. The lowest BCUT2D eigenvalue weighted by molar-refractivity contribution is -0.119. The Kier molecular flexibility index (Phi) is 6.09. The van der Waals surface area contributed by atoms with Crippen LogP contribution in [0.25, 0.3) is 0 Å². The molecule has 164 valence electrons. The summed E-state index contributed by atoms with van der Waals surface area (Å²) in [4.78, 5) is 32.7. The molecule has 5 rings (SSSR count). The van der Waals surface area contributed by atoms with Crippen molar-refractivity contribution in [2.75, 3.05) is 17.7 Å². The molecule has 0 fully saturated rings. The van der Waals surface area contributed by atoms with Crippen molar-refractivity contribution < 1.29 is 9.59 Å². The normalized spacial score (nSPS) is 16.7. The molecule has 2 aliphatic heterocycles. The van der Waals surface area contributed by atoms with Crippen LogP contribution in [0.3, 0.4) is 0 Å². The molecule has 1 aromatic heterocycles. The van der Waals surface area contributed by atoms with Crippen molar-refractivity contribution in [2.45, 2.75) is 31.5 Å². The average Bonchev–Trinajstić information content (AvgIpc) is 3.42. The number of thioether (sulfide) groups is 1. The third kappa shape index (κ3) is 4.16. The first-order valence-corrected chi connectivity index (χ1v) is 10.9. The van der Waals surface area contributed by atoms with E-state index in [-0.39, 0.29) is 19.0 Å². The Balaban J connectivity index is 0.00000245. The number of carbonyl (C=O) groups is 2. The lowest BCUT2D eigenvalue weighted by atomic mass is 10.1. The molecule has 0 aliphatic carbocycles. The molecule has 32 heavy (non-hydrogen) atoms. The van der Waals surface area contributed by atoms with Crippen LogP contribution in [0.4, 0.5) is 5.69 Å². The van der Waals surface area contributed by atoms with Gasteiger partial charge in [-0.05, 0) is 28.8 Å². The second-order valence-corrected chi connectivity index (χ2v) is 8.57. The van der Waals surface area contributed by atoms with Crippen molar-refractivity contribution in [3.05, 3.63) is 71.0 Å². The Labute approximate surface area is 190 Å². The Morgan fingerprint density at radius 3 is 2.88 bits per heavy atom. The smallest absolute Gasteiger partial charge is 0.274 e. The van der Waals surface area contributed by atoms with Crippen molar-refractivity contribution in [1.82, 2.24) is 20.3 Å². The van der Waals surface area contributed by atoms with Crippen molar-refractivity contribution in [3.8, 4) is 0 Å². The van der Waals surface area contributed by atoms with E-state index in [9.17, 15) is 9.59 Å². The van der Waals surface area contributed by atoms with Crippen molar-refractivity contribution in [1.29, 1.82) is 0 Å². The van der Waals surface area contributed by atoms with Crippen LogP contribution in [0.5, 0.6) is 0 Å². The van der Waals surface area contributed by atoms with E-state index in [0.29, 0.717) is 18.8 Å². The number of anilines is 1. The number of fused-ring (bicyclic) bond motifs is 2. The van der Waals surface area contributed by atoms with Gasteiger partial charge in [0, 0.05) is 23.9 Å². The van der Waals surface area contributed by atoms with Crippen LogP contribution in [-0.4, -0.2) is 51.9 Å². The van der Waals surface area contributed by atoms with E-state index < -0.39 is 11.9 Å². The van der Waals surface area contributed by atoms with Gasteiger partial charge in [0.05, 0.1) is 25.0 Å². The number of carbonyl (C=O) groups excluding carboxylic acids is 2. The van der Waals surface area contributed by atoms with Crippen LogP contribution in [0.2, 0.25) is 0 Å². The standard InChI is InChI=1S/C22H20N6O2S.CH4/c1-27-19-7-15-9-23-10-16(15)8-20(19)31-13-18(22(27)30)24-21(29)17-12-28(26-25-17)11-14-5-3-2-4-6-14;/h2-9,12,18H,10-11,13H2,1H3,(H,24,29);1H4/t18-;/m0./s1. The second kappa shape index (κ2) is 8.96. The molecule has 3 aromatic rings. The van der Waals surface area contributed by atoms with Gasteiger partial charge in [0.25, 0.3) is 5.91 Å². The topological polar surface area (TPSA) is 92.5 Å². The molecule has 2 amide bonds. The first kappa shape index (κ1) is 21.8. The molecule has 9 heteroatoms. The Bertz CT molecular complexity index is 1190. The van der Waals surface area contributed by atoms with Crippen LogP contribution < -0.4 is 10.2 Å². The van der Waals surface area contributed by atoms with Gasteiger partial charge in [-0.2, -0.15) is 0 Å². The highest BCUT2D eigenvalue weighted by Crippen LogP contribution is 2.37. The molecule has 1 atom stereocenters. The molecule has 0 bridgehead atoms. The molecular formula is C23H24N6O2S. The molecule has 0 radical (unpaired) electrons. The summed E-state index contributed by atoms with van der Waals surface area (Å²) in [6, 6.07) is 13.2. The van der Waals surface area contributed by atoms with E-state index in [1.54, 1.807) is 34.6 Å². The largest absolute Gasteiger partial charge is 0.338 e. The van der Waals surface area contributed by atoms with Gasteiger partial charge in [0.15, 0.2) is 5.69 Å². The van der Waals surface area contributed by atoms with Crippen LogP contribution in [-0.2, 0) is 17.9 Å². The number of nitrogens with zero attached hydrogens (tertiary/aromatic N) is 5. The average molecular weight is 449 g/mol. The molecule has 0 saturated carbocycles. The fourth-order valence-electron chi connectivity index (χ4n) is 3.69. The molecular weight excluding hydrogens is 424 g/mol. The number of amides is 2. The molecule has 0 unspecified atom stereocenters. The molecule has 8 nitrogen and oxygen atoms in total. The summed E-state index contributed by atoms with van der Waals surface area (Å²) in [7, 11) is 1.74. The molecule has 2 aromatic carbocycles. The van der Waals surface area contributed by atoms with E-state index in [4.69, 9.17) is 0 Å². The molecule has 0 spiro atoms. The lowest BCUT2D eigenvalue weighted by Crippen LogP contribution is -2.48. The minimum Gasteiger partial charge on any atom is -0.338 e. The van der Waals surface area contributed by atoms with Crippen molar-refractivity contribution in [2.24, 2.45) is 4.99 Å². The zero-order valence-electron chi connectivity index (χ0n) is 16.9. The van der Waals surface area contributed by atoms with E-state index >= 15 is 0 Å². The van der Waals surface area contributed by atoms with E-state index in [1.165, 1.54) is 0 Å². The van der Waals surface area contributed by atoms with Gasteiger partial charge in [-0.3, -0.25) is 14.6 Å². The van der Waals surface area contributed by atoms with Crippen molar-refractivity contribution in [3.63, 3.8) is 0 Å². The summed E-state index contributed by atoms with van der Waals surface area (Å²) in [6.45, 7) is 1.19. The highest BCUT2D eigenvalue weighted by atomic mass is 32.2. The maximum atomic E-state index is 13.0. The number of rotatable bonds is 4. The number of aliphatic imine (C=N–C) groups is 1. The van der Waals surface area contributed by atoms with Crippen LogP contribution in [0.1, 0.15) is 34.6 Å². The van der Waals surface area contributed by atoms with Gasteiger partial charge < -0.3 is 10.2 Å². The van der Waals surface area contributed by atoms with Gasteiger partial charge in [0.2, 0.25) is 5.91 Å². The number of benzene rings is 2. The van der Waals surface area contributed by atoms with Crippen LogP contribution in [0.15, 0.2) is 58.5 Å². The summed E-state index contributed by atoms with van der Waals surface area (Å²) < 4.78 is 1.61. The van der Waals surface area contributed by atoms with Gasteiger partial charge >= 0.3 is 0 Å². The highest BCUT2D eigenvalue weighted by molar-refractivity contribution is 7.99. The number of nitrogens with one attached hydrogen (secondary N) is 1. The summed E-state index contributed by atoms with van der Waals surface area (Å²) >= 11 is 1.56. The minimum absolute atomic E-state index is 0. The van der Waals surface area contributed by atoms with Crippen LogP contribution >= 0.6 is 11.8 Å². The van der Waals surface area contributed by atoms with E-state index in [1.807, 2.05) is 42.6 Å². The SMILES string of the molecule is C.CN1C(=O)[C@@H](NC(=O)c2cn(Cc3ccccc3)nn2)CSc2cc3c(cc21)C=NC3. The fourth-order valence-corrected chi connectivity index (χ4v) is 4.83. The lowest BCUT2D eigenvalue weighted by Gasteiger charge is -2.21. The zero-order valence-corrected chi connectivity index (χ0v) is 17.7. The predicted molar refractivity (Wildman–Crippen MR) is 125 cm³/mol. The summed E-state index contributed by atoms with van der Waals surface area (Å²) in [5.41, 5.74) is 4.29. The Morgan fingerprint density at radius 1 is 1.25 bits per heavy atom. The van der Waals surface area contributed by atoms with Gasteiger partial charge in [-0.1, -0.05) is 43.0 Å². The first-order chi connectivity index (χ1) is 15.1. The molecule has 2 aliphatic rings. The summed E-state index contributed by atoms with van der Waals surface area (Å²) in [5.74, 6) is -0.127. The highest BCUT2D eigenvalue weighted by Gasteiger charge is 2.31. The number of likely N-dealkylation sites (N-methyl/N-ethyl adjacent to an activating group) is 1. The quantitative estimate of drug-likeness (QED) is 0.663. The predicted octanol–water partition coefficient (Wildman–Crippen LogP) is 2.76. The second-order valence-electron chi connectivity index (χ2n) is 7.51. The minimum atomic E-state index is -0.655. The third-order valence-electron chi connectivity index (χ3n) is 5.37. The Hall–Kier alpha value is -3.46. The van der Waals surface area contributed by atoms with Gasteiger partial charge in [-0.25, -0.2) is 4.68 Å². The monoisotopic (exact) mass is 448 g/mol. The number of hydrogen-bond acceptors (Lipinski definition) is 6. The van der Waals surface area contributed by atoms with Crippen molar-refractivity contribution >= 4 is 35.5 Å². The zero-order chi connectivity index (χ0) is 21.4. The maximum Gasteiger partial charge on any atom is 0.274 e. The van der Waals surface area contributed by atoms with E-state index in [2.05, 4.69) is 26.7 Å². The summed E-state index contributed by atoms with van der Waals surface area (Å²) in [5, 5.41) is 10.9. The molecule has 0 saturated heterocycles. The molecule has 3 heterocycles. The van der Waals surface area contributed by atoms with Gasteiger partial charge in [-0.15, -0.1) is 16.9 Å². The van der Waals surface area contributed by atoms with E-state index in [0.717, 1.165) is 27.3 Å². The summed E-state index contributed by atoms with van der Waals surface area (Å²) in [6.07, 6.45) is 3.43. The fraction of sp³-hybridized carbons (Fsp3) is 0.261. The third-order valence-corrected chi connectivity index (χ3v) is 6.51. The first-order valence-electron chi connectivity index (χ1n) is 9.90. The molecule has 1 N–H and O–H groups in total. The maximum absolute atomic E-state index is 13.0.